The lowest BCUT2D eigenvalue weighted by Crippen LogP contribution is -2.41. The lowest BCUT2D eigenvalue weighted by molar-refractivity contribution is 0.0740. The summed E-state index contributed by atoms with van der Waals surface area (Å²) in [6, 6.07) is 14.4. The van der Waals surface area contributed by atoms with E-state index in [-0.39, 0.29) is 5.91 Å². The van der Waals surface area contributed by atoms with Gasteiger partial charge in [-0.25, -0.2) is 4.98 Å². The van der Waals surface area contributed by atoms with Gasteiger partial charge in [0, 0.05) is 50.5 Å². The first-order valence-electron chi connectivity index (χ1n) is 14.9. The first-order chi connectivity index (χ1) is 19.2. The third kappa shape index (κ3) is 7.30. The average Bonchev–Trinajstić information content (AvgIpc) is 3.30. The molecule has 7 nitrogen and oxygen atoms in total. The number of pyridine rings is 1. The van der Waals surface area contributed by atoms with Gasteiger partial charge < -0.3 is 14.2 Å². The molecule has 3 heterocycles. The summed E-state index contributed by atoms with van der Waals surface area (Å²) in [6.45, 7) is 13.2. The first kappa shape index (κ1) is 29.8. The van der Waals surface area contributed by atoms with Gasteiger partial charge in [-0.3, -0.25) is 9.69 Å². The molecule has 3 aromatic rings. The molecule has 4 rings (SSSR count). The Kier molecular flexibility index (Phi) is 9.99. The number of rotatable bonds is 11. The van der Waals surface area contributed by atoms with Crippen LogP contribution in [0.25, 0.3) is 16.9 Å². The van der Waals surface area contributed by atoms with E-state index in [4.69, 9.17) is 4.98 Å². The zero-order valence-electron chi connectivity index (χ0n) is 25.2. The molecule has 214 valence electrons. The lowest BCUT2D eigenvalue weighted by Gasteiger charge is -2.35. The number of fused-ring (bicyclic) bond motifs is 1. The quantitative estimate of drug-likeness (QED) is 0.300. The van der Waals surface area contributed by atoms with Crippen LogP contribution in [-0.2, 0) is 6.54 Å². The van der Waals surface area contributed by atoms with Gasteiger partial charge in [0.15, 0.2) is 0 Å². The van der Waals surface area contributed by atoms with Crippen molar-refractivity contribution in [3.8, 4) is 17.3 Å². The monoisotopic (exact) mass is 542 g/mol. The highest BCUT2D eigenvalue weighted by Gasteiger charge is 2.24. The van der Waals surface area contributed by atoms with Gasteiger partial charge in [0.25, 0.3) is 5.91 Å². The Morgan fingerprint density at radius 2 is 1.62 bits per heavy atom. The fourth-order valence-corrected chi connectivity index (χ4v) is 5.44. The summed E-state index contributed by atoms with van der Waals surface area (Å²) in [5.41, 5.74) is 5.18. The number of amides is 1. The number of imidazole rings is 1. The van der Waals surface area contributed by atoms with Crippen LogP contribution in [0.15, 0.2) is 42.6 Å². The van der Waals surface area contributed by atoms with Crippen molar-refractivity contribution in [1.82, 2.24) is 24.1 Å². The van der Waals surface area contributed by atoms with E-state index in [1.807, 2.05) is 47.5 Å². The van der Waals surface area contributed by atoms with Crippen LogP contribution >= 0.6 is 0 Å². The Morgan fingerprint density at radius 1 is 1.00 bits per heavy atom. The van der Waals surface area contributed by atoms with E-state index in [1.54, 1.807) is 0 Å². The molecule has 1 aliphatic rings. The van der Waals surface area contributed by atoms with Gasteiger partial charge in [-0.05, 0) is 75.9 Å². The van der Waals surface area contributed by atoms with Crippen LogP contribution in [0.5, 0.6) is 0 Å². The van der Waals surface area contributed by atoms with Crippen molar-refractivity contribution in [2.24, 2.45) is 11.8 Å². The van der Waals surface area contributed by atoms with Crippen molar-refractivity contribution in [3.05, 3.63) is 59.4 Å². The van der Waals surface area contributed by atoms with Gasteiger partial charge in [-0.1, -0.05) is 39.8 Å². The molecule has 0 bridgehead atoms. The van der Waals surface area contributed by atoms with Crippen LogP contribution in [0.4, 0.5) is 0 Å². The second kappa shape index (κ2) is 13.4. The number of benzene rings is 1. The number of nitriles is 1. The molecule has 1 amide bonds. The highest BCUT2D eigenvalue weighted by atomic mass is 16.2. The van der Waals surface area contributed by atoms with Gasteiger partial charge in [-0.2, -0.15) is 5.26 Å². The summed E-state index contributed by atoms with van der Waals surface area (Å²) in [5.74, 6) is 1.18. The van der Waals surface area contributed by atoms with Crippen LogP contribution in [0, 0.1) is 23.2 Å². The zero-order valence-corrected chi connectivity index (χ0v) is 25.2. The number of aromatic nitrogens is 2. The molecule has 0 unspecified atom stereocenters. The number of likely N-dealkylation sites (tertiary alicyclic amines) is 1. The van der Waals surface area contributed by atoms with Crippen molar-refractivity contribution >= 4 is 11.6 Å². The molecule has 1 fully saturated rings. The molecule has 2 aromatic heterocycles. The number of piperidine rings is 1. The minimum absolute atomic E-state index is 0.0922. The first-order valence-corrected chi connectivity index (χ1v) is 14.9. The summed E-state index contributed by atoms with van der Waals surface area (Å²) in [5, 5.41) is 9.29. The Morgan fingerprint density at radius 3 is 2.17 bits per heavy atom. The van der Waals surface area contributed by atoms with Crippen LogP contribution in [0.1, 0.15) is 75.0 Å². The molecule has 0 spiro atoms. The fraction of sp³-hybridized carbons (Fsp3) is 0.545. The highest BCUT2D eigenvalue weighted by molar-refractivity contribution is 5.94. The molecule has 0 radical (unpaired) electrons. The Hall–Kier alpha value is -3.21. The van der Waals surface area contributed by atoms with Crippen LogP contribution in [0.3, 0.4) is 0 Å². The van der Waals surface area contributed by atoms with Crippen LogP contribution in [0.2, 0.25) is 0 Å². The molecular weight excluding hydrogens is 496 g/mol. The van der Waals surface area contributed by atoms with E-state index in [0.29, 0.717) is 29.0 Å². The Balaban J connectivity index is 1.70. The maximum atomic E-state index is 13.8. The second-order valence-electron chi connectivity index (χ2n) is 12.4. The molecule has 1 aromatic carbocycles. The number of carbonyl (C=O) groups excluding carboxylic acids is 1. The number of carbonyl (C=O) groups is 1. The topological polar surface area (TPSA) is 67.9 Å². The van der Waals surface area contributed by atoms with Crippen molar-refractivity contribution in [1.29, 1.82) is 5.26 Å². The minimum atomic E-state index is 0.0922. The predicted octanol–water partition coefficient (Wildman–Crippen LogP) is 5.93. The van der Waals surface area contributed by atoms with Gasteiger partial charge >= 0.3 is 0 Å². The van der Waals surface area contributed by atoms with E-state index in [9.17, 15) is 10.1 Å². The highest BCUT2D eigenvalue weighted by Crippen LogP contribution is 2.28. The van der Waals surface area contributed by atoms with Gasteiger partial charge in [-0.15, -0.1) is 0 Å². The molecule has 0 N–H and O–H groups in total. The molecule has 1 saturated heterocycles. The molecule has 40 heavy (non-hydrogen) atoms. The van der Waals surface area contributed by atoms with E-state index < -0.39 is 0 Å². The summed E-state index contributed by atoms with van der Waals surface area (Å²) < 4.78 is 2.13. The van der Waals surface area contributed by atoms with Gasteiger partial charge in [0.1, 0.15) is 5.65 Å². The summed E-state index contributed by atoms with van der Waals surface area (Å²) >= 11 is 0. The zero-order chi connectivity index (χ0) is 28.8. The minimum Gasteiger partial charge on any atom is -0.339 e. The number of nitrogens with zero attached hydrogens (tertiary/aromatic N) is 6. The average molecular weight is 543 g/mol. The predicted molar refractivity (Wildman–Crippen MR) is 162 cm³/mol. The van der Waals surface area contributed by atoms with E-state index >= 15 is 0 Å². The van der Waals surface area contributed by atoms with Crippen molar-refractivity contribution in [3.63, 3.8) is 0 Å². The summed E-state index contributed by atoms with van der Waals surface area (Å²) in [7, 11) is 4.33. The lowest BCUT2D eigenvalue weighted by atomic mass is 10.0. The molecule has 0 aliphatic carbocycles. The molecule has 1 aliphatic heterocycles. The van der Waals surface area contributed by atoms with Crippen molar-refractivity contribution in [2.45, 2.75) is 66.0 Å². The number of hydrogen-bond donors (Lipinski definition) is 0. The van der Waals surface area contributed by atoms with Gasteiger partial charge in [0.05, 0.1) is 28.6 Å². The van der Waals surface area contributed by atoms with Crippen molar-refractivity contribution in [2.75, 3.05) is 40.3 Å². The Labute approximate surface area is 240 Å². The largest absolute Gasteiger partial charge is 0.339 e. The van der Waals surface area contributed by atoms with E-state index in [0.717, 1.165) is 81.0 Å². The molecule has 7 heteroatoms. The molecule has 0 atom stereocenters. The third-order valence-electron chi connectivity index (χ3n) is 8.15. The van der Waals surface area contributed by atoms with Crippen LogP contribution < -0.4 is 0 Å². The Bertz CT molecular complexity index is 1300. The summed E-state index contributed by atoms with van der Waals surface area (Å²) in [6.07, 6.45) is 6.26. The van der Waals surface area contributed by atoms with Gasteiger partial charge in [0.2, 0.25) is 0 Å². The third-order valence-corrected chi connectivity index (χ3v) is 8.15. The standard InChI is InChI=1S/C33H46N6O/c1-24(2)13-19-38(20-14-25(3)4)33(40)28-11-12-31-35-32(27-9-7-26(21-34)8-10-27)30(39(31)22-28)23-37-17-15-29(16-18-37)36(5)6/h7-12,22,24-25,29H,13-20,23H2,1-6H3. The van der Waals surface area contributed by atoms with E-state index in [2.05, 4.69) is 62.1 Å². The molecule has 0 saturated carbocycles. The normalized spacial score (nSPS) is 14.9. The second-order valence-corrected chi connectivity index (χ2v) is 12.4. The smallest absolute Gasteiger partial charge is 0.255 e. The van der Waals surface area contributed by atoms with Crippen LogP contribution in [-0.4, -0.2) is 76.3 Å². The maximum Gasteiger partial charge on any atom is 0.255 e. The SMILES string of the molecule is CC(C)CCN(CCC(C)C)C(=O)c1ccc2nc(-c3ccc(C#N)cc3)c(CN3CCC(N(C)C)CC3)n2c1. The van der Waals surface area contributed by atoms with E-state index in [1.165, 1.54) is 0 Å². The number of hydrogen-bond acceptors (Lipinski definition) is 5. The molecular formula is C33H46N6O. The fourth-order valence-electron chi connectivity index (χ4n) is 5.44. The van der Waals surface area contributed by atoms with Crippen molar-refractivity contribution < 1.29 is 4.79 Å². The summed E-state index contributed by atoms with van der Waals surface area (Å²) in [4.78, 5) is 25.7. The maximum absolute atomic E-state index is 13.8.